The highest BCUT2D eigenvalue weighted by atomic mass is 16.1. The quantitative estimate of drug-likeness (QED) is 0.888. The second kappa shape index (κ2) is 6.44. The second-order valence-electron chi connectivity index (χ2n) is 6.85. The topological polar surface area (TPSA) is 46.1 Å². The third kappa shape index (κ3) is 4.10. The molecule has 0 atom stereocenters. The first-order chi connectivity index (χ1) is 9.47. The molecular weight excluding hydrogens is 250 g/mol. The van der Waals surface area contributed by atoms with Gasteiger partial charge in [0.2, 0.25) is 0 Å². The van der Waals surface area contributed by atoms with Crippen LogP contribution in [0.4, 0.5) is 0 Å². The van der Waals surface area contributed by atoms with Crippen molar-refractivity contribution >= 4 is 5.91 Å². The molecule has 0 aromatic carbocycles. The van der Waals surface area contributed by atoms with Crippen molar-refractivity contribution in [3.63, 3.8) is 0 Å². The fourth-order valence-electron chi connectivity index (χ4n) is 2.63. The molecule has 1 aliphatic heterocycles. The summed E-state index contributed by atoms with van der Waals surface area (Å²) < 4.78 is 2.15. The molecule has 2 heterocycles. The van der Waals surface area contributed by atoms with E-state index in [1.54, 1.807) is 0 Å². The SMILES string of the molecule is CC(C)(C)CCNC(=O)c1cccn1C1CCNCC1. The first-order valence-electron chi connectivity index (χ1n) is 7.63. The Morgan fingerprint density at radius 2 is 2.10 bits per heavy atom. The molecule has 1 saturated heterocycles. The fourth-order valence-corrected chi connectivity index (χ4v) is 2.63. The van der Waals surface area contributed by atoms with Crippen molar-refractivity contribution in [3.8, 4) is 0 Å². The maximum Gasteiger partial charge on any atom is 0.267 e. The smallest absolute Gasteiger partial charge is 0.267 e. The summed E-state index contributed by atoms with van der Waals surface area (Å²) >= 11 is 0. The van der Waals surface area contributed by atoms with Crippen molar-refractivity contribution in [1.82, 2.24) is 15.2 Å². The highest BCUT2D eigenvalue weighted by molar-refractivity contribution is 5.92. The molecule has 0 unspecified atom stereocenters. The lowest BCUT2D eigenvalue weighted by molar-refractivity contribution is 0.0936. The third-order valence-electron chi connectivity index (χ3n) is 3.87. The maximum absolute atomic E-state index is 12.3. The van der Waals surface area contributed by atoms with Crippen LogP contribution in [0.2, 0.25) is 0 Å². The van der Waals surface area contributed by atoms with Crippen LogP contribution in [0.25, 0.3) is 0 Å². The van der Waals surface area contributed by atoms with Crippen molar-refractivity contribution in [2.45, 2.75) is 46.1 Å². The summed E-state index contributed by atoms with van der Waals surface area (Å²) in [6, 6.07) is 4.35. The summed E-state index contributed by atoms with van der Waals surface area (Å²) in [5.41, 5.74) is 1.05. The van der Waals surface area contributed by atoms with Crippen LogP contribution in [-0.2, 0) is 0 Å². The van der Waals surface area contributed by atoms with E-state index in [4.69, 9.17) is 0 Å². The maximum atomic E-state index is 12.3. The van der Waals surface area contributed by atoms with E-state index in [9.17, 15) is 4.79 Å². The van der Waals surface area contributed by atoms with Gasteiger partial charge >= 0.3 is 0 Å². The molecule has 4 nitrogen and oxygen atoms in total. The standard InChI is InChI=1S/C16H27N3O/c1-16(2,3)8-11-18-15(20)14-5-4-12-19(14)13-6-9-17-10-7-13/h4-5,12-13,17H,6-11H2,1-3H3,(H,18,20). The van der Waals surface area contributed by atoms with Gasteiger partial charge in [0.25, 0.3) is 5.91 Å². The number of piperidine rings is 1. The molecule has 0 aliphatic carbocycles. The lowest BCUT2D eigenvalue weighted by Crippen LogP contribution is -2.33. The zero-order valence-corrected chi connectivity index (χ0v) is 12.9. The van der Waals surface area contributed by atoms with Crippen LogP contribution in [0.15, 0.2) is 18.3 Å². The highest BCUT2D eigenvalue weighted by Crippen LogP contribution is 2.21. The lowest BCUT2D eigenvalue weighted by Gasteiger charge is -2.26. The van der Waals surface area contributed by atoms with Crippen molar-refractivity contribution in [1.29, 1.82) is 0 Å². The lowest BCUT2D eigenvalue weighted by atomic mass is 9.92. The van der Waals surface area contributed by atoms with E-state index in [0.29, 0.717) is 6.04 Å². The number of rotatable bonds is 4. The minimum Gasteiger partial charge on any atom is -0.351 e. The number of amides is 1. The Labute approximate surface area is 121 Å². The van der Waals surface area contributed by atoms with E-state index in [2.05, 4.69) is 36.0 Å². The van der Waals surface area contributed by atoms with Gasteiger partial charge in [0.15, 0.2) is 0 Å². The van der Waals surface area contributed by atoms with E-state index in [1.165, 1.54) is 0 Å². The molecule has 0 saturated carbocycles. The predicted molar refractivity (Wildman–Crippen MR) is 82.0 cm³/mol. The van der Waals surface area contributed by atoms with E-state index in [-0.39, 0.29) is 11.3 Å². The molecule has 0 spiro atoms. The zero-order valence-electron chi connectivity index (χ0n) is 12.9. The predicted octanol–water partition coefficient (Wildman–Crippen LogP) is 2.58. The first-order valence-corrected chi connectivity index (χ1v) is 7.63. The van der Waals surface area contributed by atoms with Crippen LogP contribution in [0.1, 0.15) is 56.6 Å². The fraction of sp³-hybridized carbons (Fsp3) is 0.688. The van der Waals surface area contributed by atoms with Crippen LogP contribution in [0.3, 0.4) is 0 Å². The van der Waals surface area contributed by atoms with Crippen LogP contribution in [0, 0.1) is 5.41 Å². The largest absolute Gasteiger partial charge is 0.351 e. The van der Waals surface area contributed by atoms with E-state index in [1.807, 2.05) is 18.3 Å². The summed E-state index contributed by atoms with van der Waals surface area (Å²) in [6.45, 7) is 9.38. The van der Waals surface area contributed by atoms with Crippen LogP contribution in [0.5, 0.6) is 0 Å². The van der Waals surface area contributed by atoms with Crippen LogP contribution in [-0.4, -0.2) is 30.1 Å². The summed E-state index contributed by atoms with van der Waals surface area (Å²) in [6.07, 6.45) is 5.22. The summed E-state index contributed by atoms with van der Waals surface area (Å²) in [7, 11) is 0. The number of nitrogens with zero attached hydrogens (tertiary/aromatic N) is 1. The molecule has 4 heteroatoms. The van der Waals surface area contributed by atoms with Gasteiger partial charge in [-0.15, -0.1) is 0 Å². The average Bonchev–Trinajstić information content (AvgIpc) is 2.87. The molecule has 1 aliphatic rings. The summed E-state index contributed by atoms with van der Waals surface area (Å²) in [5.74, 6) is 0.0535. The second-order valence-corrected chi connectivity index (χ2v) is 6.85. The van der Waals surface area contributed by atoms with Crippen LogP contribution >= 0.6 is 0 Å². The molecule has 1 amide bonds. The molecule has 2 N–H and O–H groups in total. The van der Waals surface area contributed by atoms with Crippen LogP contribution < -0.4 is 10.6 Å². The van der Waals surface area contributed by atoms with E-state index in [0.717, 1.165) is 44.6 Å². The number of carbonyl (C=O) groups excluding carboxylic acids is 1. The average molecular weight is 277 g/mol. The van der Waals surface area contributed by atoms with Crippen molar-refractivity contribution in [2.75, 3.05) is 19.6 Å². The van der Waals surface area contributed by atoms with Gasteiger partial charge in [-0.2, -0.15) is 0 Å². The number of carbonyl (C=O) groups is 1. The Morgan fingerprint density at radius 3 is 2.75 bits per heavy atom. The minimum atomic E-state index is 0.0535. The van der Waals surface area contributed by atoms with Gasteiger partial charge in [-0.05, 0) is 49.9 Å². The number of aromatic nitrogens is 1. The molecule has 0 radical (unpaired) electrons. The third-order valence-corrected chi connectivity index (χ3v) is 3.87. The van der Waals surface area contributed by atoms with Gasteiger partial charge in [0.05, 0.1) is 0 Å². The monoisotopic (exact) mass is 277 g/mol. The molecular formula is C16H27N3O. The van der Waals surface area contributed by atoms with E-state index >= 15 is 0 Å². The zero-order chi connectivity index (χ0) is 14.6. The van der Waals surface area contributed by atoms with Gasteiger partial charge in [-0.25, -0.2) is 0 Å². The molecule has 1 aromatic heterocycles. The summed E-state index contributed by atoms with van der Waals surface area (Å²) in [5, 5.41) is 6.41. The van der Waals surface area contributed by atoms with Gasteiger partial charge in [0.1, 0.15) is 5.69 Å². The highest BCUT2D eigenvalue weighted by Gasteiger charge is 2.20. The van der Waals surface area contributed by atoms with E-state index < -0.39 is 0 Å². The van der Waals surface area contributed by atoms with Crippen molar-refractivity contribution in [3.05, 3.63) is 24.0 Å². The summed E-state index contributed by atoms with van der Waals surface area (Å²) in [4.78, 5) is 12.3. The first kappa shape index (κ1) is 15.1. The number of nitrogens with one attached hydrogen (secondary N) is 2. The number of hydrogen-bond donors (Lipinski definition) is 2. The van der Waals surface area contributed by atoms with Gasteiger partial charge in [-0.3, -0.25) is 4.79 Å². The molecule has 0 bridgehead atoms. The molecule has 112 valence electrons. The van der Waals surface area contributed by atoms with Crippen molar-refractivity contribution in [2.24, 2.45) is 5.41 Å². The Hall–Kier alpha value is -1.29. The minimum absolute atomic E-state index is 0.0535. The molecule has 1 aromatic rings. The molecule has 20 heavy (non-hydrogen) atoms. The molecule has 2 rings (SSSR count). The van der Waals surface area contributed by atoms with Gasteiger partial charge in [-0.1, -0.05) is 20.8 Å². The Bertz CT molecular complexity index is 439. The Balaban J connectivity index is 1.94. The normalized spacial score (nSPS) is 17.1. The Kier molecular flexibility index (Phi) is 4.86. The van der Waals surface area contributed by atoms with Gasteiger partial charge < -0.3 is 15.2 Å². The van der Waals surface area contributed by atoms with Crippen molar-refractivity contribution < 1.29 is 4.79 Å². The number of hydrogen-bond acceptors (Lipinski definition) is 2. The Morgan fingerprint density at radius 1 is 1.40 bits per heavy atom. The molecule has 1 fully saturated rings. The van der Waals surface area contributed by atoms with Gasteiger partial charge in [0, 0.05) is 18.8 Å².